The molecular formula is C15H26N2O2. The van der Waals surface area contributed by atoms with Crippen LogP contribution in [-0.2, 0) is 6.42 Å². The number of hydrogen-bond donors (Lipinski definition) is 1. The summed E-state index contributed by atoms with van der Waals surface area (Å²) in [5, 5.41) is 0. The van der Waals surface area contributed by atoms with Gasteiger partial charge in [0, 0.05) is 24.7 Å². The van der Waals surface area contributed by atoms with E-state index in [1.807, 2.05) is 26.0 Å². The summed E-state index contributed by atoms with van der Waals surface area (Å²) in [7, 11) is 5.43. The third-order valence-corrected chi connectivity index (χ3v) is 2.93. The number of nitrogens with two attached hydrogens (primary N) is 1. The van der Waals surface area contributed by atoms with Crippen molar-refractivity contribution in [3.63, 3.8) is 0 Å². The van der Waals surface area contributed by atoms with Crippen LogP contribution in [0.15, 0.2) is 18.2 Å². The van der Waals surface area contributed by atoms with Gasteiger partial charge in [-0.05, 0) is 38.9 Å². The second-order valence-corrected chi connectivity index (χ2v) is 5.65. The SMILES string of the molecule is COc1ccc(CCN(C)CC(C)(C)N)c(OC)c1. The Kier molecular flexibility index (Phi) is 5.63. The van der Waals surface area contributed by atoms with E-state index in [2.05, 4.69) is 18.0 Å². The van der Waals surface area contributed by atoms with Crippen molar-refractivity contribution in [3.05, 3.63) is 23.8 Å². The summed E-state index contributed by atoms with van der Waals surface area (Å²) >= 11 is 0. The van der Waals surface area contributed by atoms with Crippen LogP contribution >= 0.6 is 0 Å². The van der Waals surface area contributed by atoms with E-state index in [-0.39, 0.29) is 5.54 Å². The third-order valence-electron chi connectivity index (χ3n) is 2.93. The lowest BCUT2D eigenvalue weighted by Crippen LogP contribution is -2.44. The highest BCUT2D eigenvalue weighted by Gasteiger charge is 2.14. The summed E-state index contributed by atoms with van der Waals surface area (Å²) in [4.78, 5) is 2.24. The van der Waals surface area contributed by atoms with Gasteiger partial charge in [0.1, 0.15) is 11.5 Å². The summed E-state index contributed by atoms with van der Waals surface area (Å²) in [6.45, 7) is 5.89. The van der Waals surface area contributed by atoms with Crippen LogP contribution in [0.4, 0.5) is 0 Å². The molecule has 0 saturated carbocycles. The molecule has 0 aliphatic rings. The molecule has 1 rings (SSSR count). The lowest BCUT2D eigenvalue weighted by atomic mass is 10.1. The number of benzene rings is 1. The molecule has 0 fully saturated rings. The predicted octanol–water partition coefficient (Wildman–Crippen LogP) is 1.92. The molecule has 108 valence electrons. The van der Waals surface area contributed by atoms with Gasteiger partial charge in [0.25, 0.3) is 0 Å². The van der Waals surface area contributed by atoms with Crippen LogP contribution in [0.2, 0.25) is 0 Å². The molecule has 0 heterocycles. The summed E-state index contributed by atoms with van der Waals surface area (Å²) in [5.41, 5.74) is 7.03. The summed E-state index contributed by atoms with van der Waals surface area (Å²) in [6.07, 6.45) is 0.930. The number of ether oxygens (including phenoxy) is 2. The fraction of sp³-hybridized carbons (Fsp3) is 0.600. The van der Waals surface area contributed by atoms with Crippen molar-refractivity contribution < 1.29 is 9.47 Å². The zero-order chi connectivity index (χ0) is 14.5. The van der Waals surface area contributed by atoms with Gasteiger partial charge in [0.05, 0.1) is 14.2 Å². The minimum atomic E-state index is -0.168. The number of hydrogen-bond acceptors (Lipinski definition) is 4. The van der Waals surface area contributed by atoms with E-state index in [0.717, 1.165) is 31.0 Å². The maximum Gasteiger partial charge on any atom is 0.125 e. The highest BCUT2D eigenvalue weighted by molar-refractivity contribution is 5.40. The molecular weight excluding hydrogens is 240 g/mol. The zero-order valence-corrected chi connectivity index (χ0v) is 12.7. The molecule has 0 aliphatic heterocycles. The fourth-order valence-corrected chi connectivity index (χ4v) is 2.14. The first-order valence-corrected chi connectivity index (χ1v) is 6.54. The Morgan fingerprint density at radius 1 is 1.21 bits per heavy atom. The lowest BCUT2D eigenvalue weighted by Gasteiger charge is -2.26. The van der Waals surface area contributed by atoms with Crippen LogP contribution in [0, 0.1) is 0 Å². The van der Waals surface area contributed by atoms with Crippen LogP contribution in [-0.4, -0.2) is 44.8 Å². The summed E-state index contributed by atoms with van der Waals surface area (Å²) in [6, 6.07) is 5.94. The van der Waals surface area contributed by atoms with E-state index in [1.165, 1.54) is 5.56 Å². The molecule has 1 aromatic carbocycles. The van der Waals surface area contributed by atoms with Gasteiger partial charge < -0.3 is 20.1 Å². The van der Waals surface area contributed by atoms with Crippen molar-refractivity contribution in [2.24, 2.45) is 5.73 Å². The Hall–Kier alpha value is -1.26. The molecule has 2 N–H and O–H groups in total. The Bertz CT molecular complexity index is 400. The Labute approximate surface area is 116 Å². The average molecular weight is 266 g/mol. The first kappa shape index (κ1) is 15.8. The monoisotopic (exact) mass is 266 g/mol. The average Bonchev–Trinajstić information content (AvgIpc) is 2.34. The zero-order valence-electron chi connectivity index (χ0n) is 12.7. The van der Waals surface area contributed by atoms with Gasteiger partial charge in [-0.1, -0.05) is 6.07 Å². The van der Waals surface area contributed by atoms with Crippen LogP contribution in [0.5, 0.6) is 11.5 Å². The number of likely N-dealkylation sites (N-methyl/N-ethyl adjacent to an activating group) is 1. The van der Waals surface area contributed by atoms with Gasteiger partial charge in [0.15, 0.2) is 0 Å². The van der Waals surface area contributed by atoms with Gasteiger partial charge in [-0.25, -0.2) is 0 Å². The first-order valence-electron chi connectivity index (χ1n) is 6.54. The molecule has 4 nitrogen and oxygen atoms in total. The minimum Gasteiger partial charge on any atom is -0.497 e. The van der Waals surface area contributed by atoms with E-state index < -0.39 is 0 Å². The number of rotatable bonds is 7. The van der Waals surface area contributed by atoms with Gasteiger partial charge in [-0.3, -0.25) is 0 Å². The van der Waals surface area contributed by atoms with Crippen molar-refractivity contribution in [1.29, 1.82) is 0 Å². The molecule has 19 heavy (non-hydrogen) atoms. The maximum absolute atomic E-state index is 6.02. The molecule has 0 bridgehead atoms. The Morgan fingerprint density at radius 2 is 1.89 bits per heavy atom. The second kappa shape index (κ2) is 6.78. The van der Waals surface area contributed by atoms with Crippen molar-refractivity contribution in [3.8, 4) is 11.5 Å². The van der Waals surface area contributed by atoms with E-state index in [0.29, 0.717) is 0 Å². The molecule has 0 spiro atoms. The molecule has 0 unspecified atom stereocenters. The maximum atomic E-state index is 6.02. The Balaban J connectivity index is 2.62. The van der Waals surface area contributed by atoms with Crippen molar-refractivity contribution in [2.45, 2.75) is 25.8 Å². The molecule has 0 aromatic heterocycles. The fourth-order valence-electron chi connectivity index (χ4n) is 2.14. The van der Waals surface area contributed by atoms with Crippen molar-refractivity contribution >= 4 is 0 Å². The predicted molar refractivity (Wildman–Crippen MR) is 79.0 cm³/mol. The van der Waals surface area contributed by atoms with E-state index in [9.17, 15) is 0 Å². The minimum absolute atomic E-state index is 0.168. The highest BCUT2D eigenvalue weighted by atomic mass is 16.5. The molecule has 1 aromatic rings. The van der Waals surface area contributed by atoms with Crippen LogP contribution in [0.1, 0.15) is 19.4 Å². The molecule has 4 heteroatoms. The smallest absolute Gasteiger partial charge is 0.125 e. The Morgan fingerprint density at radius 3 is 2.42 bits per heavy atom. The molecule has 0 radical (unpaired) electrons. The largest absolute Gasteiger partial charge is 0.497 e. The van der Waals surface area contributed by atoms with Crippen molar-refractivity contribution in [1.82, 2.24) is 4.90 Å². The standard InChI is InChI=1S/C15H26N2O2/c1-15(2,16)11-17(3)9-8-12-6-7-13(18-4)10-14(12)19-5/h6-7,10H,8-9,11,16H2,1-5H3. The van der Waals surface area contributed by atoms with E-state index >= 15 is 0 Å². The van der Waals surface area contributed by atoms with Gasteiger partial charge in [0.2, 0.25) is 0 Å². The summed E-state index contributed by atoms with van der Waals surface area (Å²) in [5.74, 6) is 1.69. The van der Waals surface area contributed by atoms with Gasteiger partial charge >= 0.3 is 0 Å². The highest BCUT2D eigenvalue weighted by Crippen LogP contribution is 2.25. The lowest BCUT2D eigenvalue weighted by molar-refractivity contribution is 0.271. The molecule has 0 aliphatic carbocycles. The normalized spacial score (nSPS) is 11.7. The topological polar surface area (TPSA) is 47.7 Å². The molecule has 0 atom stereocenters. The van der Waals surface area contributed by atoms with Crippen LogP contribution in [0.25, 0.3) is 0 Å². The summed E-state index contributed by atoms with van der Waals surface area (Å²) < 4.78 is 10.6. The second-order valence-electron chi connectivity index (χ2n) is 5.65. The van der Waals surface area contributed by atoms with E-state index in [1.54, 1.807) is 14.2 Å². The van der Waals surface area contributed by atoms with Gasteiger partial charge in [-0.2, -0.15) is 0 Å². The van der Waals surface area contributed by atoms with Gasteiger partial charge in [-0.15, -0.1) is 0 Å². The quantitative estimate of drug-likeness (QED) is 0.819. The molecule has 0 saturated heterocycles. The molecule has 0 amide bonds. The number of nitrogens with zero attached hydrogens (tertiary/aromatic N) is 1. The third kappa shape index (κ3) is 5.49. The first-order chi connectivity index (χ1) is 8.85. The van der Waals surface area contributed by atoms with Crippen LogP contribution in [0.3, 0.4) is 0 Å². The van der Waals surface area contributed by atoms with Crippen molar-refractivity contribution in [2.75, 3.05) is 34.4 Å². The van der Waals surface area contributed by atoms with Crippen LogP contribution < -0.4 is 15.2 Å². The number of methoxy groups -OCH3 is 2. The van der Waals surface area contributed by atoms with E-state index in [4.69, 9.17) is 15.2 Å².